The maximum Gasteiger partial charge on any atom is 0.135 e. The van der Waals surface area contributed by atoms with E-state index in [1.807, 2.05) is 0 Å². The lowest BCUT2D eigenvalue weighted by atomic mass is 9.84. The molecule has 0 aliphatic heterocycles. The Hall–Kier alpha value is -0.330. The van der Waals surface area contributed by atoms with E-state index in [0.29, 0.717) is 11.7 Å². The Labute approximate surface area is 83.4 Å². The molecule has 0 saturated heterocycles. The Morgan fingerprint density at radius 1 is 1.23 bits per heavy atom. The fourth-order valence-electron chi connectivity index (χ4n) is 2.18. The lowest BCUT2D eigenvalue weighted by Gasteiger charge is -2.19. The van der Waals surface area contributed by atoms with Crippen LogP contribution in [0.4, 0.5) is 0 Å². The molecule has 1 rings (SSSR count). The molecule has 13 heavy (non-hydrogen) atoms. The smallest absolute Gasteiger partial charge is 0.135 e. The summed E-state index contributed by atoms with van der Waals surface area (Å²) in [6.07, 6.45) is 10.7. The third kappa shape index (κ3) is 3.93. The number of ketones is 1. The number of hydrogen-bond acceptors (Lipinski definition) is 1. The molecule has 0 heterocycles. The van der Waals surface area contributed by atoms with Gasteiger partial charge in [0.1, 0.15) is 5.78 Å². The van der Waals surface area contributed by atoms with E-state index in [2.05, 4.69) is 6.92 Å². The van der Waals surface area contributed by atoms with Gasteiger partial charge in [-0.05, 0) is 19.3 Å². The number of rotatable bonds is 5. The summed E-state index contributed by atoms with van der Waals surface area (Å²) in [5.74, 6) is 0.985. The molecule has 0 aromatic heterocycles. The molecule has 78 valence electrons. The minimum atomic E-state index is 0. The predicted molar refractivity (Wildman–Crippen MR) is 57.8 cm³/mol. The zero-order chi connectivity index (χ0) is 9.52. The first-order valence-corrected chi connectivity index (χ1v) is 5.87. The van der Waals surface area contributed by atoms with Gasteiger partial charge in [0.05, 0.1) is 0 Å². The molecule has 1 aliphatic rings. The van der Waals surface area contributed by atoms with E-state index in [-0.39, 0.29) is 1.43 Å². The SMILES string of the molecule is CCCCCC(=O)C1CCCCC1.[HH]. The summed E-state index contributed by atoms with van der Waals surface area (Å²) < 4.78 is 0. The highest BCUT2D eigenvalue weighted by Gasteiger charge is 2.19. The number of hydrogen-bond donors (Lipinski definition) is 0. The fourth-order valence-corrected chi connectivity index (χ4v) is 2.18. The summed E-state index contributed by atoms with van der Waals surface area (Å²) in [4.78, 5) is 11.7. The second-order valence-corrected chi connectivity index (χ2v) is 4.26. The topological polar surface area (TPSA) is 17.1 Å². The average Bonchev–Trinajstić information content (AvgIpc) is 2.19. The third-order valence-corrected chi connectivity index (χ3v) is 3.09. The van der Waals surface area contributed by atoms with Gasteiger partial charge in [0, 0.05) is 13.8 Å². The molecule has 1 fully saturated rings. The first kappa shape index (κ1) is 10.7. The van der Waals surface area contributed by atoms with Gasteiger partial charge in [0.25, 0.3) is 0 Å². The van der Waals surface area contributed by atoms with E-state index in [4.69, 9.17) is 0 Å². The van der Waals surface area contributed by atoms with Gasteiger partial charge < -0.3 is 0 Å². The molecule has 0 unspecified atom stereocenters. The average molecular weight is 184 g/mol. The summed E-state index contributed by atoms with van der Waals surface area (Å²) >= 11 is 0. The Kier molecular flexibility index (Phi) is 5.10. The van der Waals surface area contributed by atoms with E-state index < -0.39 is 0 Å². The van der Waals surface area contributed by atoms with Gasteiger partial charge in [-0.25, -0.2) is 0 Å². The first-order valence-electron chi connectivity index (χ1n) is 5.87. The highest BCUT2D eigenvalue weighted by molar-refractivity contribution is 5.80. The molecule has 0 bridgehead atoms. The van der Waals surface area contributed by atoms with Crippen LogP contribution in [0.1, 0.15) is 66.1 Å². The summed E-state index contributed by atoms with van der Waals surface area (Å²) in [5.41, 5.74) is 0. The molecule has 1 aliphatic carbocycles. The maximum absolute atomic E-state index is 11.7. The lowest BCUT2D eigenvalue weighted by Crippen LogP contribution is -2.17. The second-order valence-electron chi connectivity index (χ2n) is 4.26. The van der Waals surface area contributed by atoms with Crippen LogP contribution in [0.15, 0.2) is 0 Å². The molecule has 0 aromatic carbocycles. The number of carbonyl (C=O) groups excluding carboxylic acids is 1. The Morgan fingerprint density at radius 3 is 2.54 bits per heavy atom. The van der Waals surface area contributed by atoms with Crippen molar-refractivity contribution < 1.29 is 6.22 Å². The van der Waals surface area contributed by atoms with Crippen molar-refractivity contribution in [2.45, 2.75) is 64.7 Å². The summed E-state index contributed by atoms with van der Waals surface area (Å²) in [5, 5.41) is 0. The van der Waals surface area contributed by atoms with Crippen molar-refractivity contribution in [2.75, 3.05) is 0 Å². The molecule has 0 radical (unpaired) electrons. The van der Waals surface area contributed by atoms with Crippen LogP contribution in [-0.4, -0.2) is 5.78 Å². The Balaban J connectivity index is 0.00000169. The number of carbonyl (C=O) groups is 1. The molecule has 1 saturated carbocycles. The van der Waals surface area contributed by atoms with E-state index in [9.17, 15) is 4.79 Å². The molecule has 0 spiro atoms. The molecular weight excluding hydrogens is 160 g/mol. The van der Waals surface area contributed by atoms with Crippen LogP contribution in [-0.2, 0) is 4.79 Å². The van der Waals surface area contributed by atoms with Crippen molar-refractivity contribution in [3.63, 3.8) is 0 Å². The van der Waals surface area contributed by atoms with Crippen LogP contribution in [0, 0.1) is 5.92 Å². The third-order valence-electron chi connectivity index (χ3n) is 3.09. The van der Waals surface area contributed by atoms with Crippen molar-refractivity contribution in [2.24, 2.45) is 5.92 Å². The summed E-state index contributed by atoms with van der Waals surface area (Å²) in [6, 6.07) is 0. The van der Waals surface area contributed by atoms with Gasteiger partial charge in [0.2, 0.25) is 0 Å². The van der Waals surface area contributed by atoms with Crippen molar-refractivity contribution >= 4 is 5.78 Å². The molecule has 0 N–H and O–H groups in total. The molecule has 0 atom stereocenters. The van der Waals surface area contributed by atoms with E-state index in [1.54, 1.807) is 0 Å². The van der Waals surface area contributed by atoms with Gasteiger partial charge in [-0.2, -0.15) is 0 Å². The Bertz CT molecular complexity index is 150. The van der Waals surface area contributed by atoms with Crippen LogP contribution >= 0.6 is 0 Å². The lowest BCUT2D eigenvalue weighted by molar-refractivity contribution is -0.123. The minimum Gasteiger partial charge on any atom is -0.299 e. The van der Waals surface area contributed by atoms with Gasteiger partial charge in [0.15, 0.2) is 0 Å². The molecule has 1 heteroatoms. The zero-order valence-electron chi connectivity index (χ0n) is 8.85. The van der Waals surface area contributed by atoms with Crippen LogP contribution in [0.25, 0.3) is 0 Å². The monoisotopic (exact) mass is 184 g/mol. The van der Waals surface area contributed by atoms with E-state index in [1.165, 1.54) is 44.9 Å². The summed E-state index contributed by atoms with van der Waals surface area (Å²) in [6.45, 7) is 2.19. The van der Waals surface area contributed by atoms with Gasteiger partial charge in [-0.1, -0.05) is 39.0 Å². The quantitative estimate of drug-likeness (QED) is 0.591. The van der Waals surface area contributed by atoms with Gasteiger partial charge in [-0.3, -0.25) is 4.79 Å². The maximum atomic E-state index is 11.7. The molecular formula is C12H24O. The van der Waals surface area contributed by atoms with E-state index >= 15 is 0 Å². The van der Waals surface area contributed by atoms with Crippen LogP contribution in [0.5, 0.6) is 0 Å². The molecule has 0 aromatic rings. The van der Waals surface area contributed by atoms with Crippen LogP contribution in [0.2, 0.25) is 0 Å². The van der Waals surface area contributed by atoms with Crippen molar-refractivity contribution in [1.29, 1.82) is 0 Å². The van der Waals surface area contributed by atoms with Crippen molar-refractivity contribution in [3.05, 3.63) is 0 Å². The largest absolute Gasteiger partial charge is 0.299 e. The zero-order valence-corrected chi connectivity index (χ0v) is 8.85. The number of Topliss-reactive ketones (excluding diaryl/α,β-unsaturated/α-hetero) is 1. The molecule has 1 nitrogen and oxygen atoms in total. The van der Waals surface area contributed by atoms with E-state index in [0.717, 1.165) is 12.8 Å². The normalized spacial score (nSPS) is 18.8. The van der Waals surface area contributed by atoms with Crippen molar-refractivity contribution in [1.82, 2.24) is 0 Å². The van der Waals surface area contributed by atoms with Crippen LogP contribution < -0.4 is 0 Å². The fraction of sp³-hybridized carbons (Fsp3) is 0.917. The molecule has 0 amide bonds. The second kappa shape index (κ2) is 6.17. The predicted octanol–water partition coefficient (Wildman–Crippen LogP) is 3.96. The van der Waals surface area contributed by atoms with Crippen LogP contribution in [0.3, 0.4) is 0 Å². The van der Waals surface area contributed by atoms with Gasteiger partial charge in [-0.15, -0.1) is 0 Å². The first-order chi connectivity index (χ1) is 6.34. The number of unbranched alkanes of at least 4 members (excludes halogenated alkanes) is 2. The van der Waals surface area contributed by atoms with Crippen molar-refractivity contribution in [3.8, 4) is 0 Å². The standard InChI is InChI=1S/C12H22O.H2/c1-2-3-5-10-12(13)11-8-6-4-7-9-11;/h11H,2-10H2,1H3;1H. The van der Waals surface area contributed by atoms with Gasteiger partial charge >= 0.3 is 0 Å². The summed E-state index contributed by atoms with van der Waals surface area (Å²) in [7, 11) is 0. The Morgan fingerprint density at radius 2 is 1.92 bits per heavy atom. The minimum absolute atomic E-state index is 0. The highest BCUT2D eigenvalue weighted by Crippen LogP contribution is 2.25. The highest BCUT2D eigenvalue weighted by atomic mass is 16.1.